The molecular formula is C20H18N2O4S. The Morgan fingerprint density at radius 2 is 1.74 bits per heavy atom. The molecule has 1 N–H and O–H groups in total. The molecule has 1 atom stereocenters. The average molecular weight is 382 g/mol. The molecule has 2 aliphatic heterocycles. The van der Waals surface area contributed by atoms with Crippen molar-refractivity contribution in [3.8, 4) is 23.0 Å². The highest BCUT2D eigenvalue weighted by molar-refractivity contribution is 7.80. The summed E-state index contributed by atoms with van der Waals surface area (Å²) in [5.41, 5.74) is 2.56. The number of nitrogens with zero attached hydrogens (tertiary/aromatic N) is 1. The Kier molecular flexibility index (Phi) is 4.45. The van der Waals surface area contributed by atoms with Gasteiger partial charge in [-0.3, -0.25) is 0 Å². The van der Waals surface area contributed by atoms with Crippen LogP contribution in [0.1, 0.15) is 17.3 Å². The van der Waals surface area contributed by atoms with E-state index in [0.717, 1.165) is 22.4 Å². The highest BCUT2D eigenvalue weighted by atomic mass is 32.1. The quantitative estimate of drug-likeness (QED) is 0.817. The van der Waals surface area contributed by atoms with Crippen molar-refractivity contribution in [2.75, 3.05) is 21.3 Å². The second-order valence-electron chi connectivity index (χ2n) is 5.97. The Bertz CT molecular complexity index is 959. The first-order valence-electron chi connectivity index (χ1n) is 8.32. The Hall–Kier alpha value is -3.06. The Labute approximate surface area is 162 Å². The maximum atomic E-state index is 5.98. The number of methoxy groups -OCH3 is 3. The molecule has 6 nitrogen and oxygen atoms in total. The van der Waals surface area contributed by atoms with Crippen molar-refractivity contribution in [2.24, 2.45) is 4.99 Å². The van der Waals surface area contributed by atoms with Gasteiger partial charge in [0.15, 0.2) is 11.5 Å². The summed E-state index contributed by atoms with van der Waals surface area (Å²) >= 11 is 5.55. The maximum absolute atomic E-state index is 5.98. The van der Waals surface area contributed by atoms with Gasteiger partial charge in [0, 0.05) is 11.1 Å². The lowest BCUT2D eigenvalue weighted by Gasteiger charge is -2.29. The number of nitrogens with one attached hydrogen (secondary N) is 1. The van der Waals surface area contributed by atoms with E-state index in [1.165, 1.54) is 0 Å². The van der Waals surface area contributed by atoms with Gasteiger partial charge < -0.3 is 24.3 Å². The van der Waals surface area contributed by atoms with E-state index in [-0.39, 0.29) is 0 Å². The molecule has 0 aromatic heterocycles. The highest BCUT2D eigenvalue weighted by Gasteiger charge is 2.30. The molecule has 0 amide bonds. The SMILES string of the molecule is COc1cc(C2N=C3Oc4ccccc4C=C3C(=S)N2)cc(OC)c1OC. The van der Waals surface area contributed by atoms with Crippen LogP contribution in [0.5, 0.6) is 23.0 Å². The summed E-state index contributed by atoms with van der Waals surface area (Å²) in [5, 5.41) is 3.25. The number of para-hydroxylation sites is 1. The summed E-state index contributed by atoms with van der Waals surface area (Å²) < 4.78 is 22.2. The van der Waals surface area contributed by atoms with E-state index in [1.807, 2.05) is 42.5 Å². The lowest BCUT2D eigenvalue weighted by molar-refractivity contribution is 0.323. The molecule has 7 heteroatoms. The van der Waals surface area contributed by atoms with Crippen molar-refractivity contribution in [3.63, 3.8) is 0 Å². The van der Waals surface area contributed by atoms with Gasteiger partial charge in [-0.25, -0.2) is 4.99 Å². The largest absolute Gasteiger partial charge is 0.493 e. The smallest absolute Gasteiger partial charge is 0.227 e. The van der Waals surface area contributed by atoms with Crippen molar-refractivity contribution in [3.05, 3.63) is 53.1 Å². The monoisotopic (exact) mass is 382 g/mol. The summed E-state index contributed by atoms with van der Waals surface area (Å²) in [4.78, 5) is 5.28. The zero-order valence-electron chi connectivity index (χ0n) is 15.1. The predicted molar refractivity (Wildman–Crippen MR) is 107 cm³/mol. The summed E-state index contributed by atoms with van der Waals surface area (Å²) in [5.74, 6) is 2.88. The summed E-state index contributed by atoms with van der Waals surface area (Å²) in [6.07, 6.45) is 1.56. The Balaban J connectivity index is 1.77. The molecule has 4 rings (SSSR count). The second kappa shape index (κ2) is 6.92. The number of aliphatic imine (C=N–C) groups is 1. The van der Waals surface area contributed by atoms with E-state index in [9.17, 15) is 0 Å². The molecule has 0 saturated carbocycles. The number of ether oxygens (including phenoxy) is 4. The molecule has 0 fully saturated rings. The number of hydrogen-bond acceptors (Lipinski definition) is 6. The zero-order valence-corrected chi connectivity index (χ0v) is 15.9. The number of thiocarbonyl (C=S) groups is 1. The lowest BCUT2D eigenvalue weighted by atomic mass is 10.0. The lowest BCUT2D eigenvalue weighted by Crippen LogP contribution is -2.38. The summed E-state index contributed by atoms with van der Waals surface area (Å²) in [6.45, 7) is 0. The maximum Gasteiger partial charge on any atom is 0.227 e. The molecule has 0 spiro atoms. The first kappa shape index (κ1) is 17.4. The molecule has 0 radical (unpaired) electrons. The van der Waals surface area contributed by atoms with Crippen LogP contribution < -0.4 is 24.3 Å². The minimum atomic E-state index is -0.427. The van der Waals surface area contributed by atoms with Crippen LogP contribution in [-0.4, -0.2) is 32.2 Å². The minimum Gasteiger partial charge on any atom is -0.493 e. The third-order valence-electron chi connectivity index (χ3n) is 4.42. The van der Waals surface area contributed by atoms with E-state index in [2.05, 4.69) is 5.32 Å². The molecule has 2 aliphatic rings. The van der Waals surface area contributed by atoms with Crippen LogP contribution in [0.4, 0.5) is 0 Å². The van der Waals surface area contributed by atoms with E-state index < -0.39 is 6.17 Å². The van der Waals surface area contributed by atoms with Gasteiger partial charge in [0.2, 0.25) is 11.6 Å². The molecule has 0 aliphatic carbocycles. The second-order valence-corrected chi connectivity index (χ2v) is 6.38. The molecule has 0 saturated heterocycles. The molecule has 27 heavy (non-hydrogen) atoms. The van der Waals surface area contributed by atoms with Crippen LogP contribution in [0.25, 0.3) is 6.08 Å². The average Bonchev–Trinajstić information content (AvgIpc) is 2.71. The molecule has 2 heterocycles. The fourth-order valence-corrected chi connectivity index (χ4v) is 3.35. The van der Waals surface area contributed by atoms with Gasteiger partial charge in [-0.1, -0.05) is 30.4 Å². The normalized spacial score (nSPS) is 17.4. The third kappa shape index (κ3) is 3.00. The van der Waals surface area contributed by atoms with Crippen molar-refractivity contribution in [2.45, 2.75) is 6.17 Å². The van der Waals surface area contributed by atoms with Crippen LogP contribution in [0, 0.1) is 0 Å². The number of benzene rings is 2. The van der Waals surface area contributed by atoms with Crippen molar-refractivity contribution in [1.29, 1.82) is 0 Å². The van der Waals surface area contributed by atoms with Crippen LogP contribution in [0.3, 0.4) is 0 Å². The highest BCUT2D eigenvalue weighted by Crippen LogP contribution is 2.41. The van der Waals surface area contributed by atoms with Gasteiger partial charge in [0.25, 0.3) is 0 Å². The number of rotatable bonds is 4. The Morgan fingerprint density at radius 1 is 1.04 bits per heavy atom. The fraction of sp³-hybridized carbons (Fsp3) is 0.200. The van der Waals surface area contributed by atoms with Gasteiger partial charge in [-0.15, -0.1) is 0 Å². The predicted octanol–water partition coefficient (Wildman–Crippen LogP) is 3.52. The Morgan fingerprint density at radius 3 is 2.41 bits per heavy atom. The standard InChI is InChI=1S/C20H18N2O4S/c1-23-15-9-12(10-16(24-2)17(15)25-3)18-21-19-13(20(27)22-18)8-11-6-4-5-7-14(11)26-19/h4-10,18H,1-3H3,(H,22,27). The molecule has 1 unspecified atom stereocenters. The summed E-state index contributed by atoms with van der Waals surface area (Å²) in [7, 11) is 4.72. The van der Waals surface area contributed by atoms with Crippen LogP contribution in [0.2, 0.25) is 0 Å². The zero-order chi connectivity index (χ0) is 19.0. The topological polar surface area (TPSA) is 61.3 Å². The van der Waals surface area contributed by atoms with Crippen LogP contribution in [0.15, 0.2) is 47.0 Å². The van der Waals surface area contributed by atoms with Gasteiger partial charge >= 0.3 is 0 Å². The molecule has 2 aromatic rings. The number of fused-ring (bicyclic) bond motifs is 2. The van der Waals surface area contributed by atoms with Crippen molar-refractivity contribution < 1.29 is 18.9 Å². The van der Waals surface area contributed by atoms with E-state index in [4.69, 9.17) is 36.2 Å². The van der Waals surface area contributed by atoms with E-state index in [1.54, 1.807) is 21.3 Å². The van der Waals surface area contributed by atoms with Gasteiger partial charge in [0.1, 0.15) is 16.9 Å². The van der Waals surface area contributed by atoms with Crippen LogP contribution >= 0.6 is 12.2 Å². The molecule has 0 bridgehead atoms. The van der Waals surface area contributed by atoms with Gasteiger partial charge in [0.05, 0.1) is 26.9 Å². The molecule has 2 aromatic carbocycles. The van der Waals surface area contributed by atoms with Crippen molar-refractivity contribution in [1.82, 2.24) is 5.32 Å². The summed E-state index contributed by atoms with van der Waals surface area (Å²) in [6, 6.07) is 11.5. The van der Waals surface area contributed by atoms with E-state index >= 15 is 0 Å². The van der Waals surface area contributed by atoms with E-state index in [0.29, 0.717) is 28.1 Å². The number of hydrogen-bond donors (Lipinski definition) is 1. The first-order chi connectivity index (χ1) is 13.1. The minimum absolute atomic E-state index is 0.427. The van der Waals surface area contributed by atoms with Crippen molar-refractivity contribution >= 4 is 29.2 Å². The third-order valence-corrected chi connectivity index (χ3v) is 4.76. The first-order valence-corrected chi connectivity index (χ1v) is 8.73. The fourth-order valence-electron chi connectivity index (χ4n) is 3.10. The van der Waals surface area contributed by atoms with Gasteiger partial charge in [-0.2, -0.15) is 0 Å². The van der Waals surface area contributed by atoms with Gasteiger partial charge in [-0.05, 0) is 24.3 Å². The molecular weight excluding hydrogens is 364 g/mol. The molecule has 138 valence electrons. The van der Waals surface area contributed by atoms with Crippen LogP contribution in [-0.2, 0) is 0 Å².